The van der Waals surface area contributed by atoms with Gasteiger partial charge in [-0.05, 0) is 90.6 Å². The molecule has 0 atom stereocenters. The van der Waals surface area contributed by atoms with E-state index in [1.165, 1.54) is 22.3 Å². The molecule has 0 radical (unpaired) electrons. The summed E-state index contributed by atoms with van der Waals surface area (Å²) in [4.78, 5) is 14.4. The van der Waals surface area contributed by atoms with Crippen LogP contribution in [-0.4, -0.2) is 26.2 Å². The average molecular weight is 450 g/mol. The lowest BCUT2D eigenvalue weighted by atomic mass is 9.69. The van der Waals surface area contributed by atoms with Crippen molar-refractivity contribution in [3.8, 4) is 5.75 Å². The van der Waals surface area contributed by atoms with Crippen molar-refractivity contribution in [2.45, 2.75) is 66.7 Å². The summed E-state index contributed by atoms with van der Waals surface area (Å²) in [5, 5.41) is 0. The van der Waals surface area contributed by atoms with Gasteiger partial charge in [0.05, 0.1) is 25.0 Å². The number of nitrogens with zero attached hydrogens (tertiary/aromatic N) is 1. The molecule has 178 valence electrons. The zero-order chi connectivity index (χ0) is 24.3. The molecule has 0 fully saturated rings. The van der Waals surface area contributed by atoms with Gasteiger partial charge < -0.3 is 14.4 Å². The molecule has 0 saturated carbocycles. The molecule has 0 spiro atoms. The number of anilines is 2. The molecule has 0 saturated heterocycles. The molecule has 2 aromatic carbocycles. The van der Waals surface area contributed by atoms with E-state index in [2.05, 4.69) is 58.6 Å². The summed E-state index contributed by atoms with van der Waals surface area (Å²) >= 11 is 0. The van der Waals surface area contributed by atoms with Crippen molar-refractivity contribution in [1.82, 2.24) is 0 Å². The molecule has 1 aliphatic rings. The summed E-state index contributed by atoms with van der Waals surface area (Å²) < 4.78 is 11.2. The molecule has 2 aromatic rings. The molecule has 3 rings (SSSR count). The molecule has 4 nitrogen and oxygen atoms in total. The fourth-order valence-electron chi connectivity index (χ4n) is 4.92. The Kier molecular flexibility index (Phi) is 7.56. The van der Waals surface area contributed by atoms with Crippen LogP contribution in [0.5, 0.6) is 5.75 Å². The fourth-order valence-corrected chi connectivity index (χ4v) is 4.92. The highest BCUT2D eigenvalue weighted by atomic mass is 16.5. The number of allylic oxidation sites excluding steroid dienone is 2. The van der Waals surface area contributed by atoms with Gasteiger partial charge >= 0.3 is 5.97 Å². The maximum absolute atomic E-state index is 12.1. The van der Waals surface area contributed by atoms with Crippen molar-refractivity contribution in [3.05, 3.63) is 58.7 Å². The molecule has 0 N–H and O–H groups in total. The Balaban J connectivity index is 2.22. The number of fused-ring (bicyclic) bond motifs is 1. The predicted octanol–water partition coefficient (Wildman–Crippen LogP) is 7.31. The Bertz CT molecular complexity index is 1030. The number of esters is 1. The number of rotatable bonds is 8. The smallest absolute Gasteiger partial charge is 0.338 e. The van der Waals surface area contributed by atoms with Gasteiger partial charge in [0.1, 0.15) is 5.75 Å². The van der Waals surface area contributed by atoms with Gasteiger partial charge in [-0.2, -0.15) is 0 Å². The minimum atomic E-state index is -0.290. The highest BCUT2D eigenvalue weighted by Gasteiger charge is 2.34. The van der Waals surface area contributed by atoms with Gasteiger partial charge in [0.15, 0.2) is 0 Å². The molecular formula is C29H39NO3. The molecule has 0 aromatic heterocycles. The number of ether oxygens (including phenoxy) is 2. The average Bonchev–Trinajstić information content (AvgIpc) is 2.79. The van der Waals surface area contributed by atoms with E-state index < -0.39 is 0 Å². The summed E-state index contributed by atoms with van der Waals surface area (Å²) in [6.07, 6.45) is 4.38. The molecule has 0 amide bonds. The largest absolute Gasteiger partial charge is 0.495 e. The molecule has 0 unspecified atom stereocenters. The van der Waals surface area contributed by atoms with Crippen LogP contribution in [0, 0.1) is 5.92 Å². The quantitative estimate of drug-likeness (QED) is 0.396. The first kappa shape index (κ1) is 24.9. The monoisotopic (exact) mass is 449 g/mol. The first-order chi connectivity index (χ1) is 15.7. The summed E-state index contributed by atoms with van der Waals surface area (Å²) in [5.74, 6) is 1.06. The highest BCUT2D eigenvalue weighted by molar-refractivity contribution is 5.90. The minimum Gasteiger partial charge on any atom is -0.495 e. The Hall–Kier alpha value is -2.75. The first-order valence-corrected chi connectivity index (χ1v) is 12.2. The third-order valence-corrected chi connectivity index (χ3v) is 6.69. The van der Waals surface area contributed by atoms with Crippen molar-refractivity contribution in [2.75, 3.05) is 25.2 Å². The molecular weight excluding hydrogens is 410 g/mol. The molecule has 0 heterocycles. The van der Waals surface area contributed by atoms with Crippen LogP contribution >= 0.6 is 0 Å². The third kappa shape index (κ3) is 4.66. The molecule has 1 aliphatic carbocycles. The lowest BCUT2D eigenvalue weighted by Gasteiger charge is -2.38. The predicted molar refractivity (Wildman–Crippen MR) is 138 cm³/mol. The van der Waals surface area contributed by atoms with E-state index in [1.54, 1.807) is 7.11 Å². The SMILES string of the molecule is CCOC(=O)c1ccc(N(CC)c2c(OC)cc3c(c2CC)C(C(C)C)=CCC3(C)C)cc1. The minimum absolute atomic E-state index is 0.0573. The van der Waals surface area contributed by atoms with Crippen LogP contribution in [-0.2, 0) is 16.6 Å². The molecule has 33 heavy (non-hydrogen) atoms. The van der Waals surface area contributed by atoms with Crippen molar-refractivity contribution >= 4 is 22.9 Å². The molecule has 0 aliphatic heterocycles. The summed E-state index contributed by atoms with van der Waals surface area (Å²) in [5.41, 5.74) is 8.30. The fraction of sp³-hybridized carbons (Fsp3) is 0.483. The molecule has 4 heteroatoms. The number of benzene rings is 2. The second-order valence-corrected chi connectivity index (χ2v) is 9.60. The Morgan fingerprint density at radius 3 is 2.30 bits per heavy atom. The standard InChI is InChI=1S/C29H39NO3/c1-9-22-26-23(19(4)5)16-17-29(6,7)24(26)18-25(32-8)27(22)30(10-2)21-14-12-20(13-15-21)28(31)33-11-3/h12-16,18-19H,9-11,17H2,1-8H3. The van der Waals surface area contributed by atoms with E-state index in [1.807, 2.05) is 31.2 Å². The van der Waals surface area contributed by atoms with Crippen LogP contribution in [0.1, 0.15) is 81.9 Å². The van der Waals surface area contributed by atoms with Gasteiger partial charge in [-0.15, -0.1) is 0 Å². The number of methoxy groups -OCH3 is 1. The molecule has 0 bridgehead atoms. The Labute approximate surface area is 199 Å². The summed E-state index contributed by atoms with van der Waals surface area (Å²) in [6, 6.07) is 9.94. The topological polar surface area (TPSA) is 38.8 Å². The second-order valence-electron chi connectivity index (χ2n) is 9.60. The summed E-state index contributed by atoms with van der Waals surface area (Å²) in [6.45, 7) is 16.6. The van der Waals surface area contributed by atoms with Gasteiger partial charge in [-0.1, -0.05) is 40.7 Å². The number of carbonyl (C=O) groups is 1. The van der Waals surface area contributed by atoms with Gasteiger partial charge in [-0.3, -0.25) is 0 Å². The summed E-state index contributed by atoms with van der Waals surface area (Å²) in [7, 11) is 1.76. The zero-order valence-electron chi connectivity index (χ0n) is 21.5. The lowest BCUT2D eigenvalue weighted by molar-refractivity contribution is 0.0526. The van der Waals surface area contributed by atoms with Crippen LogP contribution < -0.4 is 9.64 Å². The number of hydrogen-bond donors (Lipinski definition) is 0. The van der Waals surface area contributed by atoms with Crippen LogP contribution in [0.4, 0.5) is 11.4 Å². The Morgan fingerprint density at radius 1 is 1.12 bits per heavy atom. The zero-order valence-corrected chi connectivity index (χ0v) is 21.5. The van der Waals surface area contributed by atoms with Gasteiger partial charge in [-0.25, -0.2) is 4.79 Å². The maximum Gasteiger partial charge on any atom is 0.338 e. The number of carbonyl (C=O) groups excluding carboxylic acids is 1. The van der Waals surface area contributed by atoms with Crippen molar-refractivity contribution in [3.63, 3.8) is 0 Å². The lowest BCUT2D eigenvalue weighted by Crippen LogP contribution is -2.26. The van der Waals surface area contributed by atoms with Crippen LogP contribution in [0.15, 0.2) is 36.4 Å². The van der Waals surface area contributed by atoms with Crippen LogP contribution in [0.2, 0.25) is 0 Å². The van der Waals surface area contributed by atoms with E-state index in [-0.39, 0.29) is 11.4 Å². The van der Waals surface area contributed by atoms with Crippen LogP contribution in [0.3, 0.4) is 0 Å². The van der Waals surface area contributed by atoms with Gasteiger partial charge in [0, 0.05) is 12.2 Å². The normalized spacial score (nSPS) is 14.5. The highest BCUT2D eigenvalue weighted by Crippen LogP contribution is 2.50. The van der Waals surface area contributed by atoms with Crippen LogP contribution in [0.25, 0.3) is 5.57 Å². The maximum atomic E-state index is 12.1. The second kappa shape index (κ2) is 10.0. The first-order valence-electron chi connectivity index (χ1n) is 12.2. The van der Waals surface area contributed by atoms with Crippen molar-refractivity contribution < 1.29 is 14.3 Å². The van der Waals surface area contributed by atoms with Gasteiger partial charge in [0.2, 0.25) is 0 Å². The van der Waals surface area contributed by atoms with E-state index in [9.17, 15) is 4.79 Å². The number of hydrogen-bond acceptors (Lipinski definition) is 4. The van der Waals surface area contributed by atoms with E-state index >= 15 is 0 Å². The van der Waals surface area contributed by atoms with Crippen molar-refractivity contribution in [2.24, 2.45) is 5.92 Å². The van der Waals surface area contributed by atoms with Gasteiger partial charge in [0.25, 0.3) is 0 Å². The third-order valence-electron chi connectivity index (χ3n) is 6.69. The van der Waals surface area contributed by atoms with E-state index in [0.29, 0.717) is 18.1 Å². The Morgan fingerprint density at radius 2 is 1.79 bits per heavy atom. The van der Waals surface area contributed by atoms with E-state index in [4.69, 9.17) is 9.47 Å². The van der Waals surface area contributed by atoms with E-state index in [0.717, 1.165) is 36.5 Å². The van der Waals surface area contributed by atoms with Crippen molar-refractivity contribution in [1.29, 1.82) is 0 Å².